The van der Waals surface area contributed by atoms with Crippen molar-refractivity contribution in [2.24, 2.45) is 5.73 Å². The fraction of sp³-hybridized carbons (Fsp3) is 0.400. The Kier molecular flexibility index (Phi) is 3.66. The molecule has 1 unspecified atom stereocenters. The van der Waals surface area contributed by atoms with Crippen molar-refractivity contribution in [3.63, 3.8) is 0 Å². The smallest absolute Gasteiger partial charge is 0.328 e. The van der Waals surface area contributed by atoms with Gasteiger partial charge < -0.3 is 15.9 Å². The zero-order chi connectivity index (χ0) is 7.28. The van der Waals surface area contributed by atoms with E-state index >= 15 is 0 Å². The lowest BCUT2D eigenvalue weighted by molar-refractivity contribution is -0.131. The van der Waals surface area contributed by atoms with Gasteiger partial charge in [0.2, 0.25) is 0 Å². The summed E-state index contributed by atoms with van der Waals surface area (Å²) in [6, 6.07) is -0.568. The quantitative estimate of drug-likeness (QED) is 0.426. The first-order valence-corrected chi connectivity index (χ1v) is 2.44. The van der Waals surface area contributed by atoms with Crippen LogP contribution in [0.25, 0.3) is 0 Å². The second-order valence-corrected chi connectivity index (χ2v) is 1.54. The Bertz CT molecular complexity index is 121. The van der Waals surface area contributed by atoms with Gasteiger partial charge in [-0.15, -0.1) is 0 Å². The van der Waals surface area contributed by atoms with Crippen LogP contribution in [0.4, 0.5) is 0 Å². The van der Waals surface area contributed by atoms with Gasteiger partial charge in [-0.1, -0.05) is 6.08 Å². The maximum atomic E-state index is 9.80. The first-order valence-electron chi connectivity index (χ1n) is 2.44. The topological polar surface area (TPSA) is 83.6 Å². The Balaban J connectivity index is 3.56. The molecule has 0 aliphatic heterocycles. The molecule has 9 heavy (non-hydrogen) atoms. The largest absolute Gasteiger partial charge is 0.478 e. The molecule has 0 rings (SSSR count). The Morgan fingerprint density at radius 2 is 2.33 bits per heavy atom. The minimum atomic E-state index is -1.06. The third-order valence-corrected chi connectivity index (χ3v) is 0.697. The zero-order valence-corrected chi connectivity index (χ0v) is 4.82. The third-order valence-electron chi connectivity index (χ3n) is 0.697. The third kappa shape index (κ3) is 4.99. The van der Waals surface area contributed by atoms with Crippen molar-refractivity contribution in [3.05, 3.63) is 12.2 Å². The van der Waals surface area contributed by atoms with Gasteiger partial charge in [0, 0.05) is 12.1 Å². The number of carbonyl (C=O) groups is 1. The van der Waals surface area contributed by atoms with Crippen LogP contribution in [0.2, 0.25) is 0 Å². The molecule has 0 spiro atoms. The lowest BCUT2D eigenvalue weighted by atomic mass is 10.3. The predicted octanol–water partition coefficient (Wildman–Crippen LogP) is -1.05. The molecule has 0 heterocycles. The SMILES string of the molecule is NC(/C=C/C(=O)O)CO. The van der Waals surface area contributed by atoms with Crippen LogP contribution in [-0.2, 0) is 4.79 Å². The number of aliphatic hydroxyl groups excluding tert-OH is 1. The van der Waals surface area contributed by atoms with Gasteiger partial charge in [0.25, 0.3) is 0 Å². The van der Waals surface area contributed by atoms with E-state index in [4.69, 9.17) is 15.9 Å². The van der Waals surface area contributed by atoms with Crippen molar-refractivity contribution in [1.82, 2.24) is 0 Å². The van der Waals surface area contributed by atoms with Gasteiger partial charge in [-0.25, -0.2) is 4.79 Å². The normalized spacial score (nSPS) is 14.0. The van der Waals surface area contributed by atoms with E-state index in [1.54, 1.807) is 0 Å². The molecule has 0 fully saturated rings. The molecular formula is C5H9NO3. The second-order valence-electron chi connectivity index (χ2n) is 1.54. The summed E-state index contributed by atoms with van der Waals surface area (Å²) in [6.07, 6.45) is 2.13. The highest BCUT2D eigenvalue weighted by atomic mass is 16.4. The van der Waals surface area contributed by atoms with Gasteiger partial charge in [0.1, 0.15) is 0 Å². The van der Waals surface area contributed by atoms with Gasteiger partial charge in [-0.3, -0.25) is 0 Å². The summed E-state index contributed by atoms with van der Waals surface area (Å²) in [4.78, 5) is 9.80. The molecule has 0 bridgehead atoms. The minimum Gasteiger partial charge on any atom is -0.478 e. The van der Waals surface area contributed by atoms with Gasteiger partial charge >= 0.3 is 5.97 Å². The second kappa shape index (κ2) is 4.05. The molecule has 0 saturated heterocycles. The first-order chi connectivity index (χ1) is 4.16. The van der Waals surface area contributed by atoms with E-state index in [0.29, 0.717) is 0 Å². The molecule has 4 heteroatoms. The van der Waals surface area contributed by atoms with Crippen LogP contribution in [0.15, 0.2) is 12.2 Å². The summed E-state index contributed by atoms with van der Waals surface area (Å²) in [6.45, 7) is -0.232. The van der Waals surface area contributed by atoms with E-state index in [2.05, 4.69) is 0 Å². The molecule has 0 aromatic heterocycles. The summed E-state index contributed by atoms with van der Waals surface area (Å²) in [5.74, 6) is -1.06. The average molecular weight is 131 g/mol. The summed E-state index contributed by atoms with van der Waals surface area (Å²) in [7, 11) is 0. The lowest BCUT2D eigenvalue weighted by Gasteiger charge is -1.96. The Morgan fingerprint density at radius 1 is 1.78 bits per heavy atom. The summed E-state index contributed by atoms with van der Waals surface area (Å²) < 4.78 is 0. The van der Waals surface area contributed by atoms with Crippen LogP contribution in [0.3, 0.4) is 0 Å². The van der Waals surface area contributed by atoms with E-state index in [0.717, 1.165) is 6.08 Å². The van der Waals surface area contributed by atoms with Crippen LogP contribution >= 0.6 is 0 Å². The maximum Gasteiger partial charge on any atom is 0.328 e. The summed E-state index contributed by atoms with van der Waals surface area (Å²) in [5.41, 5.74) is 5.12. The van der Waals surface area contributed by atoms with Crippen molar-refractivity contribution >= 4 is 5.97 Å². The van der Waals surface area contributed by atoms with Crippen LogP contribution in [0, 0.1) is 0 Å². The molecule has 4 N–H and O–H groups in total. The molecule has 0 aliphatic rings. The molecule has 0 aromatic rings. The van der Waals surface area contributed by atoms with Crippen LogP contribution in [0.5, 0.6) is 0 Å². The van der Waals surface area contributed by atoms with E-state index in [9.17, 15) is 4.79 Å². The molecule has 0 amide bonds. The molecule has 52 valence electrons. The number of carboxylic acids is 1. The molecule has 0 aromatic carbocycles. The van der Waals surface area contributed by atoms with Crippen LogP contribution < -0.4 is 5.73 Å². The molecular weight excluding hydrogens is 122 g/mol. The van der Waals surface area contributed by atoms with Crippen molar-refractivity contribution in [3.8, 4) is 0 Å². The Labute approximate surface area is 52.6 Å². The summed E-state index contributed by atoms with van der Waals surface area (Å²) in [5, 5.41) is 16.3. The zero-order valence-electron chi connectivity index (χ0n) is 4.82. The molecule has 1 atom stereocenters. The highest BCUT2D eigenvalue weighted by Crippen LogP contribution is 1.78. The van der Waals surface area contributed by atoms with E-state index in [1.807, 2.05) is 0 Å². The molecule has 0 radical (unpaired) electrons. The lowest BCUT2D eigenvalue weighted by Crippen LogP contribution is -2.21. The molecule has 0 saturated carbocycles. The standard InChI is InChI=1S/C5H9NO3/c6-4(3-7)1-2-5(8)9/h1-2,4,7H,3,6H2,(H,8,9)/b2-1+. The number of rotatable bonds is 3. The van der Waals surface area contributed by atoms with Crippen molar-refractivity contribution in [2.75, 3.05) is 6.61 Å². The molecule has 0 aliphatic carbocycles. The maximum absolute atomic E-state index is 9.80. The number of hydrogen-bond acceptors (Lipinski definition) is 3. The number of aliphatic carboxylic acids is 1. The fourth-order valence-corrected chi connectivity index (χ4v) is 0.267. The van der Waals surface area contributed by atoms with Gasteiger partial charge in [-0.05, 0) is 0 Å². The monoisotopic (exact) mass is 131 g/mol. The number of aliphatic hydroxyl groups is 1. The molecule has 4 nitrogen and oxygen atoms in total. The van der Waals surface area contributed by atoms with Crippen molar-refractivity contribution in [2.45, 2.75) is 6.04 Å². The average Bonchev–Trinajstić information content (AvgIpc) is 1.83. The van der Waals surface area contributed by atoms with Gasteiger partial charge in [0.15, 0.2) is 0 Å². The number of carboxylic acid groups (broad SMARTS) is 1. The van der Waals surface area contributed by atoms with E-state index in [-0.39, 0.29) is 6.61 Å². The predicted molar refractivity (Wildman–Crippen MR) is 31.8 cm³/mol. The highest BCUT2D eigenvalue weighted by molar-refractivity contribution is 5.79. The minimum absolute atomic E-state index is 0.232. The fourth-order valence-electron chi connectivity index (χ4n) is 0.267. The number of hydrogen-bond donors (Lipinski definition) is 3. The number of nitrogens with two attached hydrogens (primary N) is 1. The van der Waals surface area contributed by atoms with Crippen molar-refractivity contribution in [1.29, 1.82) is 0 Å². The van der Waals surface area contributed by atoms with Crippen molar-refractivity contribution < 1.29 is 15.0 Å². The van der Waals surface area contributed by atoms with Crippen LogP contribution in [0.1, 0.15) is 0 Å². The first kappa shape index (κ1) is 8.13. The van der Waals surface area contributed by atoms with Crippen LogP contribution in [-0.4, -0.2) is 28.8 Å². The Hall–Kier alpha value is -0.870. The highest BCUT2D eigenvalue weighted by Gasteiger charge is 1.92. The summed E-state index contributed by atoms with van der Waals surface area (Å²) >= 11 is 0. The van der Waals surface area contributed by atoms with Gasteiger partial charge in [-0.2, -0.15) is 0 Å². The Morgan fingerprint density at radius 3 is 2.67 bits per heavy atom. The van der Waals surface area contributed by atoms with Gasteiger partial charge in [0.05, 0.1) is 6.61 Å². The van der Waals surface area contributed by atoms with E-state index < -0.39 is 12.0 Å². The van der Waals surface area contributed by atoms with E-state index in [1.165, 1.54) is 6.08 Å².